The van der Waals surface area contributed by atoms with Crippen molar-refractivity contribution in [3.63, 3.8) is 0 Å². The maximum Gasteiger partial charge on any atom is 0.220 e. The smallest absolute Gasteiger partial charge is 0.220 e. The summed E-state index contributed by atoms with van der Waals surface area (Å²) in [6.07, 6.45) is 13.9. The first-order chi connectivity index (χ1) is 15.5. The lowest BCUT2D eigenvalue weighted by Gasteiger charge is -2.07. The number of nitrogens with zero attached hydrogens (tertiary/aromatic N) is 2. The normalized spacial score (nSPS) is 10.7. The zero-order valence-corrected chi connectivity index (χ0v) is 19.7. The van der Waals surface area contributed by atoms with Gasteiger partial charge in [0, 0.05) is 38.8 Å². The lowest BCUT2D eigenvalue weighted by molar-refractivity contribution is -0.121. The number of nitrogens with one attached hydrogen (secondary N) is 2. The van der Waals surface area contributed by atoms with Crippen LogP contribution in [0.15, 0.2) is 36.7 Å². The van der Waals surface area contributed by atoms with Crippen LogP contribution in [0.5, 0.6) is 0 Å². The van der Waals surface area contributed by atoms with Gasteiger partial charge in [0.2, 0.25) is 11.8 Å². The predicted octanol–water partition coefficient (Wildman–Crippen LogP) is 4.76. The van der Waals surface area contributed by atoms with Gasteiger partial charge in [-0.15, -0.1) is 0 Å². The zero-order valence-electron chi connectivity index (χ0n) is 19.7. The zero-order chi connectivity index (χ0) is 23.0. The summed E-state index contributed by atoms with van der Waals surface area (Å²) in [6.45, 7) is 5.15. The topological polar surface area (TPSA) is 84.0 Å². The number of amides is 2. The summed E-state index contributed by atoms with van der Waals surface area (Å²) in [5.74, 6) is 0.187. The number of rotatable bonds is 15. The van der Waals surface area contributed by atoms with Gasteiger partial charge < -0.3 is 10.6 Å². The Morgan fingerprint density at radius 2 is 1.38 bits per heavy atom. The van der Waals surface area contributed by atoms with E-state index < -0.39 is 0 Å². The minimum atomic E-state index is 0.0502. The number of carbonyl (C=O) groups is 2. The fourth-order valence-electron chi connectivity index (χ4n) is 3.61. The third kappa shape index (κ3) is 11.0. The Balaban J connectivity index is 1.50. The Kier molecular flexibility index (Phi) is 12.0. The molecule has 0 atom stereocenters. The second-order valence-corrected chi connectivity index (χ2v) is 8.43. The van der Waals surface area contributed by atoms with E-state index in [0.717, 1.165) is 68.6 Å². The van der Waals surface area contributed by atoms with E-state index in [9.17, 15) is 9.59 Å². The molecule has 32 heavy (non-hydrogen) atoms. The molecule has 2 aromatic heterocycles. The average molecular weight is 439 g/mol. The summed E-state index contributed by atoms with van der Waals surface area (Å²) < 4.78 is 0. The molecule has 2 amide bonds. The molecule has 0 unspecified atom stereocenters. The van der Waals surface area contributed by atoms with Crippen LogP contribution in [0.25, 0.3) is 11.4 Å². The Labute approximate surface area is 192 Å². The van der Waals surface area contributed by atoms with Crippen LogP contribution in [0.3, 0.4) is 0 Å². The molecular weight excluding hydrogens is 400 g/mol. The first-order valence-corrected chi connectivity index (χ1v) is 11.9. The molecule has 0 fully saturated rings. The summed E-state index contributed by atoms with van der Waals surface area (Å²) in [6, 6.07) is 8.09. The highest BCUT2D eigenvalue weighted by Crippen LogP contribution is 2.17. The molecule has 0 saturated heterocycles. The molecule has 2 rings (SSSR count). The van der Waals surface area contributed by atoms with Crippen LogP contribution in [0.4, 0.5) is 0 Å². The van der Waals surface area contributed by atoms with E-state index in [1.54, 1.807) is 13.1 Å². The minimum absolute atomic E-state index is 0.0502. The Morgan fingerprint density at radius 1 is 0.781 bits per heavy atom. The largest absolute Gasteiger partial charge is 0.356 e. The second kappa shape index (κ2) is 15.1. The van der Waals surface area contributed by atoms with Gasteiger partial charge in [-0.3, -0.25) is 19.6 Å². The standard InChI is InChI=1S/C26H38N4O2/c1-21-13-17-28-24(19-21)25-20-23(14-18-29-25)11-10-12-26(32)30-16-9-7-5-3-4-6-8-15-27-22(2)31/h13-14,17-20H,3-12,15-16H2,1-2H3,(H,27,31)(H,30,32). The quantitative estimate of drug-likeness (QED) is 0.393. The number of pyridine rings is 2. The molecule has 0 aliphatic rings. The van der Waals surface area contributed by atoms with Gasteiger partial charge in [-0.05, 0) is 68.0 Å². The van der Waals surface area contributed by atoms with Crippen molar-refractivity contribution < 1.29 is 9.59 Å². The summed E-state index contributed by atoms with van der Waals surface area (Å²) >= 11 is 0. The molecule has 0 aromatic carbocycles. The molecule has 174 valence electrons. The van der Waals surface area contributed by atoms with Crippen LogP contribution in [0.1, 0.15) is 75.8 Å². The average Bonchev–Trinajstić information content (AvgIpc) is 2.77. The number of hydrogen-bond acceptors (Lipinski definition) is 4. The molecule has 0 bridgehead atoms. The third-order valence-corrected chi connectivity index (χ3v) is 5.42. The summed E-state index contributed by atoms with van der Waals surface area (Å²) in [5, 5.41) is 5.87. The number of hydrogen-bond donors (Lipinski definition) is 2. The van der Waals surface area contributed by atoms with Crippen LogP contribution in [-0.4, -0.2) is 34.9 Å². The molecule has 0 aliphatic carbocycles. The van der Waals surface area contributed by atoms with E-state index in [-0.39, 0.29) is 11.8 Å². The van der Waals surface area contributed by atoms with Gasteiger partial charge in [-0.25, -0.2) is 0 Å². The van der Waals surface area contributed by atoms with E-state index in [4.69, 9.17) is 0 Å². The molecule has 6 nitrogen and oxygen atoms in total. The van der Waals surface area contributed by atoms with Crippen molar-refractivity contribution in [2.75, 3.05) is 13.1 Å². The van der Waals surface area contributed by atoms with Gasteiger partial charge in [0.05, 0.1) is 11.4 Å². The van der Waals surface area contributed by atoms with Gasteiger partial charge >= 0.3 is 0 Å². The van der Waals surface area contributed by atoms with Crippen LogP contribution in [0, 0.1) is 6.92 Å². The first-order valence-electron chi connectivity index (χ1n) is 11.9. The van der Waals surface area contributed by atoms with Crippen molar-refractivity contribution in [2.24, 2.45) is 0 Å². The van der Waals surface area contributed by atoms with Crippen LogP contribution in [-0.2, 0) is 16.0 Å². The highest BCUT2D eigenvalue weighted by atomic mass is 16.2. The molecule has 2 heterocycles. The van der Waals surface area contributed by atoms with Gasteiger partial charge in [0.25, 0.3) is 0 Å². The fourth-order valence-corrected chi connectivity index (χ4v) is 3.61. The second-order valence-electron chi connectivity index (χ2n) is 8.43. The van der Waals surface area contributed by atoms with Crippen LogP contribution in [0.2, 0.25) is 0 Å². The highest BCUT2D eigenvalue weighted by Gasteiger charge is 2.05. The fraction of sp³-hybridized carbons (Fsp3) is 0.538. The summed E-state index contributed by atoms with van der Waals surface area (Å²) in [5.41, 5.74) is 4.11. The Morgan fingerprint density at radius 3 is 2.03 bits per heavy atom. The van der Waals surface area contributed by atoms with Gasteiger partial charge in [-0.1, -0.05) is 32.1 Å². The predicted molar refractivity (Wildman–Crippen MR) is 129 cm³/mol. The van der Waals surface area contributed by atoms with Crippen molar-refractivity contribution >= 4 is 11.8 Å². The van der Waals surface area contributed by atoms with Crippen molar-refractivity contribution in [1.29, 1.82) is 0 Å². The summed E-state index contributed by atoms with van der Waals surface area (Å²) in [7, 11) is 0. The van der Waals surface area contributed by atoms with Gasteiger partial charge in [-0.2, -0.15) is 0 Å². The number of carbonyl (C=O) groups excluding carboxylic acids is 2. The molecule has 0 radical (unpaired) electrons. The number of aromatic nitrogens is 2. The van der Waals surface area contributed by atoms with Crippen molar-refractivity contribution in [1.82, 2.24) is 20.6 Å². The Bertz CT molecular complexity index is 838. The molecule has 2 aromatic rings. The molecule has 0 spiro atoms. The van der Waals surface area contributed by atoms with Crippen LogP contribution < -0.4 is 10.6 Å². The maximum absolute atomic E-state index is 12.1. The van der Waals surface area contributed by atoms with Gasteiger partial charge in [0.15, 0.2) is 0 Å². The maximum atomic E-state index is 12.1. The molecular formula is C26H38N4O2. The molecule has 0 aliphatic heterocycles. The van der Waals surface area contributed by atoms with Gasteiger partial charge in [0.1, 0.15) is 0 Å². The minimum Gasteiger partial charge on any atom is -0.356 e. The lowest BCUT2D eigenvalue weighted by atomic mass is 10.1. The van der Waals surface area contributed by atoms with E-state index in [2.05, 4.69) is 26.7 Å². The van der Waals surface area contributed by atoms with Crippen molar-refractivity contribution in [2.45, 2.75) is 78.1 Å². The van der Waals surface area contributed by atoms with Crippen LogP contribution >= 0.6 is 0 Å². The van der Waals surface area contributed by atoms with E-state index in [0.29, 0.717) is 6.42 Å². The first kappa shape index (κ1) is 25.5. The molecule has 0 saturated carbocycles. The third-order valence-electron chi connectivity index (χ3n) is 5.42. The van der Waals surface area contributed by atoms with Crippen molar-refractivity contribution in [3.05, 3.63) is 47.8 Å². The van der Waals surface area contributed by atoms with E-state index in [1.165, 1.54) is 24.8 Å². The van der Waals surface area contributed by atoms with E-state index in [1.807, 2.05) is 31.3 Å². The summed E-state index contributed by atoms with van der Waals surface area (Å²) in [4.78, 5) is 31.7. The number of unbranched alkanes of at least 4 members (excludes halogenated alkanes) is 6. The highest BCUT2D eigenvalue weighted by molar-refractivity contribution is 5.75. The number of aryl methyl sites for hydroxylation is 2. The van der Waals surface area contributed by atoms with E-state index >= 15 is 0 Å². The van der Waals surface area contributed by atoms with Crippen molar-refractivity contribution in [3.8, 4) is 11.4 Å². The molecule has 2 N–H and O–H groups in total. The lowest BCUT2D eigenvalue weighted by Crippen LogP contribution is -2.24. The monoisotopic (exact) mass is 438 g/mol. The molecule has 6 heteroatoms. The SMILES string of the molecule is CC(=O)NCCCCCCCCCNC(=O)CCCc1ccnc(-c2cc(C)ccn2)c1. The Hall–Kier alpha value is -2.76.